The molecular formula is C12H17F3N2O. The summed E-state index contributed by atoms with van der Waals surface area (Å²) < 4.78 is 37.2. The van der Waals surface area contributed by atoms with Gasteiger partial charge in [0, 0.05) is 26.6 Å². The van der Waals surface area contributed by atoms with E-state index in [0.717, 1.165) is 0 Å². The maximum atomic E-state index is 12.4. The van der Waals surface area contributed by atoms with Crippen LogP contribution in [0.15, 0.2) is 17.1 Å². The molecule has 1 aliphatic carbocycles. The molecule has 3 nitrogen and oxygen atoms in total. The summed E-state index contributed by atoms with van der Waals surface area (Å²) in [6.45, 7) is 1.71. The van der Waals surface area contributed by atoms with Crippen molar-refractivity contribution in [2.24, 2.45) is 10.9 Å². The Labute approximate surface area is 104 Å². The summed E-state index contributed by atoms with van der Waals surface area (Å²) in [5.41, 5.74) is 0.404. The Morgan fingerprint density at radius 3 is 2.44 bits per heavy atom. The van der Waals surface area contributed by atoms with Gasteiger partial charge < -0.3 is 5.32 Å². The van der Waals surface area contributed by atoms with Gasteiger partial charge in [-0.25, -0.2) is 0 Å². The summed E-state index contributed by atoms with van der Waals surface area (Å²) in [7, 11) is 1.52. The third kappa shape index (κ3) is 4.25. The summed E-state index contributed by atoms with van der Waals surface area (Å²) in [4.78, 5) is 14.9. The van der Waals surface area contributed by atoms with Gasteiger partial charge in [0.2, 0.25) is 0 Å². The highest BCUT2D eigenvalue weighted by Gasteiger charge is 2.38. The SMILES string of the molecule is CN=C(CNC1C=CC(C(F)(F)F)CC1)C(C)=O. The van der Waals surface area contributed by atoms with Crippen LogP contribution in [-0.2, 0) is 4.79 Å². The summed E-state index contributed by atoms with van der Waals surface area (Å²) in [6, 6.07) is -0.125. The highest BCUT2D eigenvalue weighted by molar-refractivity contribution is 6.39. The number of carbonyl (C=O) groups is 1. The maximum Gasteiger partial charge on any atom is 0.395 e. The molecule has 0 heterocycles. The molecule has 0 amide bonds. The van der Waals surface area contributed by atoms with E-state index in [2.05, 4.69) is 10.3 Å². The predicted molar refractivity (Wildman–Crippen MR) is 63.7 cm³/mol. The van der Waals surface area contributed by atoms with Crippen LogP contribution in [0.3, 0.4) is 0 Å². The van der Waals surface area contributed by atoms with Crippen LogP contribution in [0.2, 0.25) is 0 Å². The Hall–Kier alpha value is -1.17. The van der Waals surface area contributed by atoms with Gasteiger partial charge in [-0.2, -0.15) is 13.2 Å². The normalized spacial score (nSPS) is 25.3. The lowest BCUT2D eigenvalue weighted by Gasteiger charge is -2.25. The minimum absolute atomic E-state index is 0.0797. The van der Waals surface area contributed by atoms with Crippen molar-refractivity contribution in [3.05, 3.63) is 12.2 Å². The van der Waals surface area contributed by atoms with Crippen LogP contribution < -0.4 is 5.32 Å². The first-order chi connectivity index (χ1) is 8.34. The first kappa shape index (κ1) is 14.9. The Kier molecular flexibility index (Phi) is 5.07. The molecule has 0 saturated heterocycles. The lowest BCUT2D eigenvalue weighted by Crippen LogP contribution is -2.37. The number of nitrogens with zero attached hydrogens (tertiary/aromatic N) is 1. The number of hydrogen-bond donors (Lipinski definition) is 1. The number of ketones is 1. The van der Waals surface area contributed by atoms with E-state index in [0.29, 0.717) is 12.1 Å². The van der Waals surface area contributed by atoms with Crippen molar-refractivity contribution < 1.29 is 18.0 Å². The van der Waals surface area contributed by atoms with Crippen LogP contribution >= 0.6 is 0 Å². The van der Waals surface area contributed by atoms with Gasteiger partial charge >= 0.3 is 6.18 Å². The molecule has 0 saturated carbocycles. The molecule has 18 heavy (non-hydrogen) atoms. The highest BCUT2D eigenvalue weighted by atomic mass is 19.4. The lowest BCUT2D eigenvalue weighted by atomic mass is 9.92. The van der Waals surface area contributed by atoms with Crippen LogP contribution in [0, 0.1) is 5.92 Å². The molecule has 6 heteroatoms. The molecule has 0 fully saturated rings. The first-order valence-electron chi connectivity index (χ1n) is 5.79. The minimum atomic E-state index is -4.16. The molecular weight excluding hydrogens is 245 g/mol. The van der Waals surface area contributed by atoms with Crippen LogP contribution in [0.1, 0.15) is 19.8 Å². The molecule has 2 unspecified atom stereocenters. The molecule has 0 spiro atoms. The van der Waals surface area contributed by atoms with Crippen molar-refractivity contribution in [3.63, 3.8) is 0 Å². The molecule has 2 atom stereocenters. The second kappa shape index (κ2) is 6.13. The second-order valence-corrected chi connectivity index (χ2v) is 4.32. The van der Waals surface area contributed by atoms with Gasteiger partial charge in [0.25, 0.3) is 0 Å². The molecule has 0 radical (unpaired) electrons. The Balaban J connectivity index is 2.46. The van der Waals surface area contributed by atoms with Crippen molar-refractivity contribution >= 4 is 11.5 Å². The molecule has 1 aliphatic rings. The van der Waals surface area contributed by atoms with Crippen LogP contribution in [0.5, 0.6) is 0 Å². The van der Waals surface area contributed by atoms with Crippen molar-refractivity contribution in [1.82, 2.24) is 5.32 Å². The molecule has 0 bridgehead atoms. The van der Waals surface area contributed by atoms with Crippen molar-refractivity contribution in [2.45, 2.75) is 32.0 Å². The smallest absolute Gasteiger partial charge is 0.305 e. The number of hydrogen-bond acceptors (Lipinski definition) is 3. The number of alkyl halides is 3. The van der Waals surface area contributed by atoms with Crippen molar-refractivity contribution in [2.75, 3.05) is 13.6 Å². The fourth-order valence-corrected chi connectivity index (χ4v) is 1.85. The number of Topliss-reactive ketones (excluding diaryl/α,β-unsaturated/α-hetero) is 1. The summed E-state index contributed by atoms with van der Waals surface area (Å²) >= 11 is 0. The number of carbonyl (C=O) groups excluding carboxylic acids is 1. The van der Waals surface area contributed by atoms with Gasteiger partial charge in [-0.3, -0.25) is 9.79 Å². The minimum Gasteiger partial charge on any atom is -0.305 e. The number of aliphatic imine (C=N–C) groups is 1. The zero-order valence-corrected chi connectivity index (χ0v) is 10.4. The average Bonchev–Trinajstić information content (AvgIpc) is 2.29. The van der Waals surface area contributed by atoms with E-state index < -0.39 is 12.1 Å². The molecule has 0 aliphatic heterocycles. The zero-order valence-electron chi connectivity index (χ0n) is 10.4. The van der Waals surface area contributed by atoms with Gasteiger partial charge in [-0.1, -0.05) is 12.2 Å². The van der Waals surface area contributed by atoms with Crippen molar-refractivity contribution in [1.29, 1.82) is 0 Å². The molecule has 102 valence electrons. The third-order valence-corrected chi connectivity index (χ3v) is 2.99. The Morgan fingerprint density at radius 1 is 1.39 bits per heavy atom. The number of nitrogens with one attached hydrogen (secondary N) is 1. The predicted octanol–water partition coefficient (Wildman–Crippen LogP) is 2.13. The van der Waals surface area contributed by atoms with Gasteiger partial charge in [-0.15, -0.1) is 0 Å². The Bertz CT molecular complexity index is 361. The summed E-state index contributed by atoms with van der Waals surface area (Å²) in [5.74, 6) is -1.47. The van der Waals surface area contributed by atoms with Gasteiger partial charge in [-0.05, 0) is 12.8 Å². The fourth-order valence-electron chi connectivity index (χ4n) is 1.85. The average molecular weight is 262 g/mol. The third-order valence-electron chi connectivity index (χ3n) is 2.99. The van der Waals surface area contributed by atoms with Gasteiger partial charge in [0.05, 0.1) is 11.6 Å². The molecule has 1 rings (SSSR count). The number of allylic oxidation sites excluding steroid dienone is 1. The first-order valence-corrected chi connectivity index (χ1v) is 5.79. The van der Waals surface area contributed by atoms with E-state index in [1.807, 2.05) is 0 Å². The molecule has 0 aromatic carbocycles. The van der Waals surface area contributed by atoms with E-state index >= 15 is 0 Å². The second-order valence-electron chi connectivity index (χ2n) is 4.32. The van der Waals surface area contributed by atoms with Crippen LogP contribution in [-0.4, -0.2) is 37.3 Å². The maximum absolute atomic E-state index is 12.4. The largest absolute Gasteiger partial charge is 0.395 e. The van der Waals surface area contributed by atoms with Crippen molar-refractivity contribution in [3.8, 4) is 0 Å². The summed E-state index contributed by atoms with van der Waals surface area (Å²) in [6.07, 6.45) is -0.949. The van der Waals surface area contributed by atoms with Gasteiger partial charge in [0.15, 0.2) is 5.78 Å². The standard InChI is InChI=1S/C12H17F3N2O/c1-8(18)11(16-2)7-17-10-5-3-9(4-6-10)12(13,14)15/h3,5,9-10,17H,4,6-7H2,1-2H3. The van der Waals surface area contributed by atoms with Crippen LogP contribution in [0.4, 0.5) is 13.2 Å². The molecule has 0 aromatic rings. The topological polar surface area (TPSA) is 41.5 Å². The molecule has 0 aromatic heterocycles. The Morgan fingerprint density at radius 2 is 2.06 bits per heavy atom. The quantitative estimate of drug-likeness (QED) is 0.623. The highest BCUT2D eigenvalue weighted by Crippen LogP contribution is 2.33. The number of rotatable bonds is 4. The van der Waals surface area contributed by atoms with E-state index in [1.54, 1.807) is 0 Å². The number of halogens is 3. The van der Waals surface area contributed by atoms with E-state index in [9.17, 15) is 18.0 Å². The lowest BCUT2D eigenvalue weighted by molar-refractivity contribution is -0.164. The van der Waals surface area contributed by atoms with Crippen LogP contribution in [0.25, 0.3) is 0 Å². The fraction of sp³-hybridized carbons (Fsp3) is 0.667. The van der Waals surface area contributed by atoms with Gasteiger partial charge in [0.1, 0.15) is 0 Å². The van der Waals surface area contributed by atoms with E-state index in [4.69, 9.17) is 0 Å². The van der Waals surface area contributed by atoms with E-state index in [-0.39, 0.29) is 24.8 Å². The molecule has 1 N–H and O–H groups in total. The zero-order chi connectivity index (χ0) is 13.8. The van der Waals surface area contributed by atoms with E-state index in [1.165, 1.54) is 26.1 Å². The monoisotopic (exact) mass is 262 g/mol. The summed E-state index contributed by atoms with van der Waals surface area (Å²) in [5, 5.41) is 3.02.